The van der Waals surface area contributed by atoms with E-state index in [0.29, 0.717) is 45.4 Å². The number of pyridine rings is 1. The molecule has 34 heavy (non-hydrogen) atoms. The number of H-pyrrole nitrogens is 2. The molecule has 0 radical (unpaired) electrons. The van der Waals surface area contributed by atoms with Gasteiger partial charge in [-0.05, 0) is 36.2 Å². The van der Waals surface area contributed by atoms with Gasteiger partial charge in [0.05, 0.1) is 11.1 Å². The first kappa shape index (κ1) is 21.3. The van der Waals surface area contributed by atoms with Crippen LogP contribution in [-0.2, 0) is 6.42 Å². The van der Waals surface area contributed by atoms with E-state index in [4.69, 9.17) is 0 Å². The third-order valence-corrected chi connectivity index (χ3v) is 5.83. The highest BCUT2D eigenvalue weighted by molar-refractivity contribution is 5.89. The van der Waals surface area contributed by atoms with Crippen molar-refractivity contribution < 1.29 is 14.3 Å². The third kappa shape index (κ3) is 3.54. The Balaban J connectivity index is 1.57. The molecule has 0 aliphatic carbocycles. The maximum absolute atomic E-state index is 14.9. The van der Waals surface area contributed by atoms with Gasteiger partial charge in [-0.3, -0.25) is 9.69 Å². The predicted molar refractivity (Wildman–Crippen MR) is 126 cm³/mol. The predicted octanol–water partition coefficient (Wildman–Crippen LogP) is 4.01. The zero-order chi connectivity index (χ0) is 24.0. The lowest BCUT2D eigenvalue weighted by atomic mass is 9.97. The van der Waals surface area contributed by atoms with Gasteiger partial charge in [-0.25, -0.2) is 24.3 Å². The molecule has 2 aromatic carbocycles. The highest BCUT2D eigenvalue weighted by Crippen LogP contribution is 2.31. The molecule has 0 atom stereocenters. The maximum atomic E-state index is 14.9. The van der Waals surface area contributed by atoms with E-state index in [2.05, 4.69) is 25.1 Å². The van der Waals surface area contributed by atoms with E-state index in [0.717, 1.165) is 15.8 Å². The largest absolute Gasteiger partial charge is 0.465 e. The molecule has 0 spiro atoms. The van der Waals surface area contributed by atoms with Crippen molar-refractivity contribution in [3.05, 3.63) is 81.7 Å². The van der Waals surface area contributed by atoms with Crippen molar-refractivity contribution in [2.24, 2.45) is 0 Å². The Morgan fingerprint density at radius 3 is 2.68 bits per heavy atom. The average Bonchev–Trinajstić information content (AvgIpc) is 3.27. The summed E-state index contributed by atoms with van der Waals surface area (Å²) in [5.41, 5.74) is 3.62. The Kier molecular flexibility index (Phi) is 5.05. The fourth-order valence-corrected chi connectivity index (χ4v) is 3.97. The summed E-state index contributed by atoms with van der Waals surface area (Å²) in [6.07, 6.45) is 0.755. The van der Waals surface area contributed by atoms with Crippen molar-refractivity contribution in [1.29, 1.82) is 0 Å². The summed E-state index contributed by atoms with van der Waals surface area (Å²) in [5, 5.41) is 17.2. The van der Waals surface area contributed by atoms with E-state index in [9.17, 15) is 19.1 Å². The molecule has 0 saturated heterocycles. The fourth-order valence-electron chi connectivity index (χ4n) is 3.97. The number of imidazole rings is 1. The van der Waals surface area contributed by atoms with Gasteiger partial charge in [-0.1, -0.05) is 24.3 Å². The van der Waals surface area contributed by atoms with E-state index in [1.54, 1.807) is 31.2 Å². The fraction of sp³-hybridized carbons (Fsp3) is 0.125. The number of rotatable bonds is 4. The molecule has 10 heteroatoms. The number of nitrogens with zero attached hydrogens (tertiary/aromatic N) is 4. The van der Waals surface area contributed by atoms with Crippen LogP contribution in [0.5, 0.6) is 0 Å². The van der Waals surface area contributed by atoms with Crippen molar-refractivity contribution in [2.75, 3.05) is 11.9 Å². The zero-order valence-corrected chi connectivity index (χ0v) is 18.3. The standard InChI is InChI=1S/C24H19FN6O3/c1-12-17(11-26-21-20(12)27-23(28-21)31(2)24(33)34)16-9-13(7-8-18(16)25)10-19-14-5-3-4-6-15(14)22(32)30-29-19/h3-9,11H,10H2,1-2H3,(H,30,32)(H,33,34)(H,26,27,28). The second-order valence-electron chi connectivity index (χ2n) is 7.93. The van der Waals surface area contributed by atoms with Crippen LogP contribution in [0, 0.1) is 12.7 Å². The lowest BCUT2D eigenvalue weighted by molar-refractivity contribution is 0.203. The number of hydrogen-bond acceptors (Lipinski definition) is 5. The number of anilines is 1. The summed E-state index contributed by atoms with van der Waals surface area (Å²) >= 11 is 0. The van der Waals surface area contributed by atoms with Crippen molar-refractivity contribution in [2.45, 2.75) is 13.3 Å². The molecule has 5 rings (SSSR count). The topological polar surface area (TPSA) is 128 Å². The number of aryl methyl sites for hydroxylation is 1. The molecule has 0 bridgehead atoms. The van der Waals surface area contributed by atoms with Crippen LogP contribution in [0.4, 0.5) is 15.1 Å². The molecule has 0 fully saturated rings. The molecule has 0 saturated carbocycles. The van der Waals surface area contributed by atoms with Gasteiger partial charge in [0.25, 0.3) is 5.56 Å². The smallest absolute Gasteiger partial charge is 0.413 e. The van der Waals surface area contributed by atoms with E-state index in [1.165, 1.54) is 19.3 Å². The minimum absolute atomic E-state index is 0.125. The van der Waals surface area contributed by atoms with Crippen LogP contribution in [0.25, 0.3) is 33.1 Å². The first-order valence-electron chi connectivity index (χ1n) is 10.4. The molecule has 1 amide bonds. The normalized spacial score (nSPS) is 11.3. The van der Waals surface area contributed by atoms with Gasteiger partial charge >= 0.3 is 6.09 Å². The van der Waals surface area contributed by atoms with Crippen molar-refractivity contribution in [1.82, 2.24) is 25.1 Å². The summed E-state index contributed by atoms with van der Waals surface area (Å²) in [4.78, 5) is 35.8. The molecule has 3 N–H and O–H groups in total. The lowest BCUT2D eigenvalue weighted by Gasteiger charge is -2.10. The number of halogens is 1. The third-order valence-electron chi connectivity index (χ3n) is 5.83. The number of aromatic nitrogens is 5. The SMILES string of the molecule is Cc1c(-c2cc(Cc3n[nH]c(=O)c4ccccc34)ccc2F)cnc2[nH]c(N(C)C(=O)O)nc12. The number of carbonyl (C=O) groups is 1. The highest BCUT2D eigenvalue weighted by atomic mass is 19.1. The van der Waals surface area contributed by atoms with Crippen LogP contribution >= 0.6 is 0 Å². The number of aromatic amines is 2. The Bertz CT molecular complexity index is 1640. The van der Waals surface area contributed by atoms with Crippen molar-refractivity contribution in [3.8, 4) is 11.1 Å². The first-order chi connectivity index (χ1) is 16.3. The summed E-state index contributed by atoms with van der Waals surface area (Å²) in [6, 6.07) is 12.0. The molecule has 0 aliphatic heterocycles. The summed E-state index contributed by atoms with van der Waals surface area (Å²) in [5.74, 6) is -0.300. The molecule has 170 valence electrons. The number of nitrogens with one attached hydrogen (secondary N) is 2. The lowest BCUT2D eigenvalue weighted by Crippen LogP contribution is -2.24. The van der Waals surface area contributed by atoms with Gasteiger partial charge in [0.1, 0.15) is 11.3 Å². The van der Waals surface area contributed by atoms with Crippen LogP contribution in [-0.4, -0.2) is 43.4 Å². The van der Waals surface area contributed by atoms with Gasteiger partial charge in [-0.15, -0.1) is 0 Å². The molecule has 5 aromatic rings. The van der Waals surface area contributed by atoms with Crippen LogP contribution in [0.1, 0.15) is 16.8 Å². The number of hydrogen-bond donors (Lipinski definition) is 3. The van der Waals surface area contributed by atoms with Crippen molar-refractivity contribution >= 4 is 34.0 Å². The molecule has 0 unspecified atom stereocenters. The van der Waals surface area contributed by atoms with Gasteiger partial charge in [0, 0.05) is 36.2 Å². The minimum atomic E-state index is -1.17. The van der Waals surface area contributed by atoms with Gasteiger partial charge in [0.2, 0.25) is 5.95 Å². The van der Waals surface area contributed by atoms with Gasteiger partial charge in [0.15, 0.2) is 5.65 Å². The van der Waals surface area contributed by atoms with Crippen LogP contribution < -0.4 is 10.5 Å². The van der Waals surface area contributed by atoms with E-state index in [1.807, 2.05) is 12.1 Å². The monoisotopic (exact) mass is 458 g/mol. The quantitative estimate of drug-likeness (QED) is 0.373. The Hall–Kier alpha value is -4.60. The maximum Gasteiger partial charge on any atom is 0.413 e. The van der Waals surface area contributed by atoms with Crippen LogP contribution in [0.2, 0.25) is 0 Å². The second-order valence-corrected chi connectivity index (χ2v) is 7.93. The molecule has 3 heterocycles. The van der Waals surface area contributed by atoms with Crippen molar-refractivity contribution in [3.63, 3.8) is 0 Å². The number of fused-ring (bicyclic) bond motifs is 2. The number of benzene rings is 2. The summed E-state index contributed by atoms with van der Waals surface area (Å²) < 4.78 is 14.9. The van der Waals surface area contributed by atoms with E-state index < -0.39 is 11.9 Å². The summed E-state index contributed by atoms with van der Waals surface area (Å²) in [6.45, 7) is 1.79. The van der Waals surface area contributed by atoms with Gasteiger partial charge < -0.3 is 10.1 Å². The molecule has 0 aliphatic rings. The van der Waals surface area contributed by atoms with E-state index in [-0.39, 0.29) is 11.5 Å². The Labute approximate surface area is 191 Å². The Morgan fingerprint density at radius 2 is 1.91 bits per heavy atom. The average molecular weight is 458 g/mol. The summed E-state index contributed by atoms with van der Waals surface area (Å²) in [7, 11) is 1.37. The second kappa shape index (κ2) is 8.07. The number of carboxylic acid groups (broad SMARTS) is 1. The highest BCUT2D eigenvalue weighted by Gasteiger charge is 2.18. The molecular formula is C24H19FN6O3. The van der Waals surface area contributed by atoms with E-state index >= 15 is 0 Å². The van der Waals surface area contributed by atoms with Crippen LogP contribution in [0.3, 0.4) is 0 Å². The van der Waals surface area contributed by atoms with Crippen LogP contribution in [0.15, 0.2) is 53.5 Å². The first-order valence-corrected chi connectivity index (χ1v) is 10.4. The minimum Gasteiger partial charge on any atom is -0.465 e. The zero-order valence-electron chi connectivity index (χ0n) is 18.3. The molecule has 9 nitrogen and oxygen atoms in total. The Morgan fingerprint density at radius 1 is 1.15 bits per heavy atom. The van der Waals surface area contributed by atoms with Gasteiger partial charge in [-0.2, -0.15) is 5.10 Å². The molecular weight excluding hydrogens is 439 g/mol. The molecule has 3 aromatic heterocycles. The number of amides is 1.